The van der Waals surface area contributed by atoms with Crippen LogP contribution in [0.2, 0.25) is 0 Å². The van der Waals surface area contributed by atoms with Gasteiger partial charge in [0.25, 0.3) is 0 Å². The highest BCUT2D eigenvalue weighted by Crippen LogP contribution is 2.29. The number of ether oxygens (including phenoxy) is 1. The molecule has 0 aromatic heterocycles. The van der Waals surface area contributed by atoms with E-state index in [0.29, 0.717) is 19.6 Å². The average molecular weight is 215 g/mol. The summed E-state index contributed by atoms with van der Waals surface area (Å²) in [5.74, 6) is 0. The van der Waals surface area contributed by atoms with Crippen LogP contribution < -0.4 is 0 Å². The smallest absolute Gasteiger partial charge is 0.210 e. The summed E-state index contributed by atoms with van der Waals surface area (Å²) in [4.78, 5) is 12.7. The van der Waals surface area contributed by atoms with Crippen molar-refractivity contribution in [1.29, 1.82) is 0 Å². The largest absolute Gasteiger partial charge is 0.393 e. The number of nitrogens with zero attached hydrogens (tertiary/aromatic N) is 1. The quantitative estimate of drug-likeness (QED) is 0.708. The van der Waals surface area contributed by atoms with E-state index in [-0.39, 0.29) is 5.54 Å². The number of carbonyl (C=O) groups excluding carboxylic acids is 1. The van der Waals surface area contributed by atoms with Crippen LogP contribution in [-0.4, -0.2) is 46.8 Å². The summed E-state index contributed by atoms with van der Waals surface area (Å²) in [6.45, 7) is 8.67. The summed E-state index contributed by atoms with van der Waals surface area (Å²) in [5, 5.41) is 9.37. The highest BCUT2D eigenvalue weighted by Gasteiger charge is 2.41. The van der Waals surface area contributed by atoms with E-state index in [1.54, 1.807) is 11.8 Å². The molecule has 0 aliphatic carbocycles. The van der Waals surface area contributed by atoms with Crippen LogP contribution in [0.4, 0.5) is 0 Å². The van der Waals surface area contributed by atoms with Crippen LogP contribution in [0, 0.1) is 0 Å². The van der Waals surface area contributed by atoms with Crippen LogP contribution >= 0.6 is 0 Å². The fraction of sp³-hybridized carbons (Fsp3) is 0.909. The van der Waals surface area contributed by atoms with Gasteiger partial charge in [-0.25, -0.2) is 0 Å². The minimum absolute atomic E-state index is 0.250. The molecule has 1 rings (SSSR count). The minimum Gasteiger partial charge on any atom is -0.393 e. The van der Waals surface area contributed by atoms with Crippen molar-refractivity contribution in [2.24, 2.45) is 0 Å². The third-order valence-electron chi connectivity index (χ3n) is 2.91. The van der Waals surface area contributed by atoms with Crippen molar-refractivity contribution in [1.82, 2.24) is 4.90 Å². The van der Waals surface area contributed by atoms with Gasteiger partial charge in [-0.1, -0.05) is 0 Å². The van der Waals surface area contributed by atoms with Crippen molar-refractivity contribution in [2.75, 3.05) is 13.2 Å². The SMILES string of the molecule is CC(O)CC1(C)CN(C=O)C(C)(C)CO1. The Hall–Kier alpha value is -0.610. The predicted octanol–water partition coefficient (Wildman–Crippen LogP) is 0.783. The Bertz CT molecular complexity index is 240. The van der Waals surface area contributed by atoms with E-state index in [1.165, 1.54) is 0 Å². The molecule has 1 heterocycles. The molecule has 1 fully saturated rings. The van der Waals surface area contributed by atoms with Gasteiger partial charge in [-0.2, -0.15) is 0 Å². The molecule has 1 aliphatic heterocycles. The molecule has 1 aliphatic rings. The van der Waals surface area contributed by atoms with Gasteiger partial charge in [0.15, 0.2) is 0 Å². The van der Waals surface area contributed by atoms with E-state index in [0.717, 1.165) is 6.41 Å². The Kier molecular flexibility index (Phi) is 3.41. The summed E-state index contributed by atoms with van der Waals surface area (Å²) >= 11 is 0. The zero-order chi connectivity index (χ0) is 11.7. The van der Waals surface area contributed by atoms with E-state index in [1.807, 2.05) is 20.8 Å². The minimum atomic E-state index is -0.426. The molecule has 0 saturated carbocycles. The van der Waals surface area contributed by atoms with Gasteiger partial charge in [0.05, 0.1) is 23.9 Å². The first-order valence-electron chi connectivity index (χ1n) is 5.33. The van der Waals surface area contributed by atoms with Crippen LogP contribution in [0.1, 0.15) is 34.1 Å². The molecule has 0 aromatic rings. The predicted molar refractivity (Wildman–Crippen MR) is 57.5 cm³/mol. The second-order valence-corrected chi connectivity index (χ2v) is 5.34. The first-order valence-corrected chi connectivity index (χ1v) is 5.33. The molecule has 1 N–H and O–H groups in total. The molecule has 0 spiro atoms. The molecule has 4 nitrogen and oxygen atoms in total. The number of carbonyl (C=O) groups is 1. The van der Waals surface area contributed by atoms with Crippen LogP contribution in [0.15, 0.2) is 0 Å². The Balaban J connectivity index is 2.71. The van der Waals surface area contributed by atoms with Gasteiger partial charge < -0.3 is 14.7 Å². The van der Waals surface area contributed by atoms with Crippen LogP contribution in [0.3, 0.4) is 0 Å². The van der Waals surface area contributed by atoms with E-state index in [2.05, 4.69) is 0 Å². The Morgan fingerprint density at radius 2 is 2.13 bits per heavy atom. The van der Waals surface area contributed by atoms with Crippen LogP contribution in [0.5, 0.6) is 0 Å². The van der Waals surface area contributed by atoms with Gasteiger partial charge in [-0.15, -0.1) is 0 Å². The number of hydrogen-bond donors (Lipinski definition) is 1. The van der Waals surface area contributed by atoms with Gasteiger partial charge >= 0.3 is 0 Å². The van der Waals surface area contributed by atoms with Gasteiger partial charge in [0.1, 0.15) is 0 Å². The molecule has 0 aromatic carbocycles. The number of aliphatic hydroxyl groups is 1. The van der Waals surface area contributed by atoms with Crippen molar-refractivity contribution in [3.05, 3.63) is 0 Å². The summed E-state index contributed by atoms with van der Waals surface area (Å²) in [7, 11) is 0. The molecule has 1 amide bonds. The van der Waals surface area contributed by atoms with Crippen molar-refractivity contribution in [2.45, 2.75) is 51.4 Å². The third-order valence-corrected chi connectivity index (χ3v) is 2.91. The number of aliphatic hydroxyl groups excluding tert-OH is 1. The van der Waals surface area contributed by atoms with Gasteiger partial charge in [0, 0.05) is 13.0 Å². The topological polar surface area (TPSA) is 49.8 Å². The lowest BCUT2D eigenvalue weighted by molar-refractivity contribution is -0.169. The fourth-order valence-electron chi connectivity index (χ4n) is 1.98. The maximum absolute atomic E-state index is 11.0. The van der Waals surface area contributed by atoms with Crippen LogP contribution in [-0.2, 0) is 9.53 Å². The van der Waals surface area contributed by atoms with Gasteiger partial charge in [-0.3, -0.25) is 4.79 Å². The standard InChI is InChI=1S/C11H21NO3/c1-9(14)5-11(4)6-12(8-13)10(2,3)7-15-11/h8-9,14H,5-7H2,1-4H3. The van der Waals surface area contributed by atoms with Crippen molar-refractivity contribution in [3.63, 3.8) is 0 Å². The summed E-state index contributed by atoms with van der Waals surface area (Å²) in [6.07, 6.45) is 1.00. The summed E-state index contributed by atoms with van der Waals surface area (Å²) in [6, 6.07) is 0. The molecule has 2 unspecified atom stereocenters. The number of amides is 1. The Labute approximate surface area is 91.2 Å². The third kappa shape index (κ3) is 2.92. The fourth-order valence-corrected chi connectivity index (χ4v) is 1.98. The molecule has 2 atom stereocenters. The summed E-state index contributed by atoms with van der Waals surface area (Å²) < 4.78 is 5.76. The number of hydrogen-bond acceptors (Lipinski definition) is 3. The van der Waals surface area contributed by atoms with Gasteiger partial charge in [0.2, 0.25) is 6.41 Å². The van der Waals surface area contributed by atoms with E-state index in [9.17, 15) is 9.90 Å². The van der Waals surface area contributed by atoms with Crippen molar-refractivity contribution >= 4 is 6.41 Å². The van der Waals surface area contributed by atoms with Crippen LogP contribution in [0.25, 0.3) is 0 Å². The zero-order valence-electron chi connectivity index (χ0n) is 9.99. The van der Waals surface area contributed by atoms with Crippen molar-refractivity contribution in [3.8, 4) is 0 Å². The molecule has 0 bridgehead atoms. The Morgan fingerprint density at radius 3 is 2.60 bits per heavy atom. The highest BCUT2D eigenvalue weighted by molar-refractivity contribution is 5.49. The lowest BCUT2D eigenvalue weighted by Crippen LogP contribution is -2.60. The molecule has 0 radical (unpaired) electrons. The van der Waals surface area contributed by atoms with E-state index in [4.69, 9.17) is 4.74 Å². The molecule has 88 valence electrons. The van der Waals surface area contributed by atoms with Crippen molar-refractivity contribution < 1.29 is 14.6 Å². The monoisotopic (exact) mass is 215 g/mol. The maximum atomic E-state index is 11.0. The molecule has 15 heavy (non-hydrogen) atoms. The lowest BCUT2D eigenvalue weighted by atomic mass is 9.91. The number of morpholine rings is 1. The average Bonchev–Trinajstić information content (AvgIpc) is 2.09. The first-order chi connectivity index (χ1) is 6.79. The first kappa shape index (κ1) is 12.5. The highest BCUT2D eigenvalue weighted by atomic mass is 16.5. The molecule has 4 heteroatoms. The number of rotatable bonds is 3. The molecular formula is C11H21NO3. The van der Waals surface area contributed by atoms with Gasteiger partial charge in [-0.05, 0) is 27.7 Å². The van der Waals surface area contributed by atoms with E-state index >= 15 is 0 Å². The summed E-state index contributed by atoms with van der Waals surface area (Å²) in [5.41, 5.74) is -0.676. The zero-order valence-corrected chi connectivity index (χ0v) is 9.99. The maximum Gasteiger partial charge on any atom is 0.210 e. The Morgan fingerprint density at radius 1 is 1.53 bits per heavy atom. The second kappa shape index (κ2) is 4.10. The van der Waals surface area contributed by atoms with E-state index < -0.39 is 11.7 Å². The normalized spacial score (nSPS) is 32.5. The lowest BCUT2D eigenvalue weighted by Gasteiger charge is -2.48. The molecule has 1 saturated heterocycles. The second-order valence-electron chi connectivity index (χ2n) is 5.34. The molecular weight excluding hydrogens is 194 g/mol.